The van der Waals surface area contributed by atoms with Crippen molar-refractivity contribution in [2.45, 2.75) is 25.8 Å². The molecule has 0 radical (unpaired) electrons. The number of carbonyl (C=O) groups is 1. The van der Waals surface area contributed by atoms with Crippen LogP contribution in [0.5, 0.6) is 0 Å². The second-order valence-corrected chi connectivity index (χ2v) is 4.36. The van der Waals surface area contributed by atoms with Crippen molar-refractivity contribution in [3.8, 4) is 12.3 Å². The summed E-state index contributed by atoms with van der Waals surface area (Å²) in [6.07, 6.45) is 5.20. The Labute approximate surface area is 109 Å². The van der Waals surface area contributed by atoms with E-state index < -0.39 is 6.04 Å². The van der Waals surface area contributed by atoms with Gasteiger partial charge in [0.05, 0.1) is 13.7 Å². The number of benzene rings is 1. The molecule has 0 amide bonds. The van der Waals surface area contributed by atoms with Crippen molar-refractivity contribution in [2.75, 3.05) is 13.7 Å². The van der Waals surface area contributed by atoms with Crippen molar-refractivity contribution in [1.82, 2.24) is 5.32 Å². The fraction of sp³-hybridized carbons (Fsp3) is 0.400. The molecule has 0 bridgehead atoms. The zero-order chi connectivity index (χ0) is 13.5. The minimum Gasteiger partial charge on any atom is -0.468 e. The molecule has 0 saturated heterocycles. The van der Waals surface area contributed by atoms with Gasteiger partial charge < -0.3 is 4.74 Å². The van der Waals surface area contributed by atoms with Crippen LogP contribution in [0.25, 0.3) is 0 Å². The van der Waals surface area contributed by atoms with E-state index in [0.717, 1.165) is 5.56 Å². The predicted octanol–water partition coefficient (Wildman–Crippen LogP) is 2.25. The summed E-state index contributed by atoms with van der Waals surface area (Å²) in [6, 6.07) is 7.40. The molecule has 3 nitrogen and oxygen atoms in total. The third kappa shape index (κ3) is 3.61. The number of hydrogen-bond acceptors (Lipinski definition) is 3. The molecule has 0 aromatic heterocycles. The summed E-state index contributed by atoms with van der Waals surface area (Å²) < 4.78 is 4.77. The molecular formula is C15H19NO2. The van der Waals surface area contributed by atoms with Gasteiger partial charge in [0.25, 0.3) is 0 Å². The second-order valence-electron chi connectivity index (χ2n) is 4.36. The average Bonchev–Trinajstić information content (AvgIpc) is 2.39. The Morgan fingerprint density at radius 2 is 1.89 bits per heavy atom. The van der Waals surface area contributed by atoms with E-state index in [4.69, 9.17) is 11.2 Å². The van der Waals surface area contributed by atoms with Crippen molar-refractivity contribution < 1.29 is 9.53 Å². The van der Waals surface area contributed by atoms with Gasteiger partial charge in [-0.05, 0) is 17.0 Å². The summed E-state index contributed by atoms with van der Waals surface area (Å²) in [5.74, 6) is 2.59. The maximum absolute atomic E-state index is 11.7. The lowest BCUT2D eigenvalue weighted by molar-refractivity contribution is -0.143. The molecule has 1 N–H and O–H groups in total. The lowest BCUT2D eigenvalue weighted by Gasteiger charge is -2.16. The van der Waals surface area contributed by atoms with E-state index in [-0.39, 0.29) is 5.97 Å². The predicted molar refractivity (Wildman–Crippen MR) is 72.1 cm³/mol. The number of hydrogen-bond donors (Lipinski definition) is 1. The van der Waals surface area contributed by atoms with Crippen molar-refractivity contribution in [2.24, 2.45) is 0 Å². The van der Waals surface area contributed by atoms with Crippen molar-refractivity contribution in [3.63, 3.8) is 0 Å². The number of terminal acetylenes is 1. The van der Waals surface area contributed by atoms with Crippen LogP contribution in [0.3, 0.4) is 0 Å². The fourth-order valence-corrected chi connectivity index (χ4v) is 1.69. The van der Waals surface area contributed by atoms with Crippen LogP contribution >= 0.6 is 0 Å². The molecule has 0 fully saturated rings. The van der Waals surface area contributed by atoms with E-state index in [1.54, 1.807) is 0 Å². The number of ether oxygens (including phenoxy) is 1. The Hall–Kier alpha value is -1.79. The van der Waals surface area contributed by atoms with E-state index >= 15 is 0 Å². The van der Waals surface area contributed by atoms with Crippen LogP contribution in [0, 0.1) is 12.3 Å². The average molecular weight is 245 g/mol. The van der Waals surface area contributed by atoms with Gasteiger partial charge >= 0.3 is 5.97 Å². The van der Waals surface area contributed by atoms with Gasteiger partial charge in [-0.15, -0.1) is 6.42 Å². The molecule has 0 aliphatic rings. The molecule has 1 aromatic carbocycles. The lowest BCUT2D eigenvalue weighted by atomic mass is 9.99. The van der Waals surface area contributed by atoms with Gasteiger partial charge in [-0.2, -0.15) is 0 Å². The zero-order valence-electron chi connectivity index (χ0n) is 11.1. The van der Waals surface area contributed by atoms with Crippen LogP contribution in [0.2, 0.25) is 0 Å². The van der Waals surface area contributed by atoms with Gasteiger partial charge in [-0.3, -0.25) is 5.32 Å². The van der Waals surface area contributed by atoms with Crippen LogP contribution < -0.4 is 5.32 Å². The smallest absolute Gasteiger partial charge is 0.327 e. The van der Waals surface area contributed by atoms with Crippen molar-refractivity contribution >= 4 is 5.97 Å². The van der Waals surface area contributed by atoms with Crippen LogP contribution in [-0.4, -0.2) is 19.6 Å². The van der Waals surface area contributed by atoms with Crippen molar-refractivity contribution in [1.29, 1.82) is 0 Å². The van der Waals surface area contributed by atoms with E-state index in [9.17, 15) is 4.79 Å². The topological polar surface area (TPSA) is 38.3 Å². The molecule has 18 heavy (non-hydrogen) atoms. The molecule has 96 valence electrons. The fourth-order valence-electron chi connectivity index (χ4n) is 1.69. The minimum atomic E-state index is -0.507. The standard InChI is InChI=1S/C15H19NO2/c1-5-10-16-14(15(17)18-4)13-8-6-12(7-9-13)11(2)3/h1,6-9,11,14,16H,10H2,2-4H3. The summed E-state index contributed by atoms with van der Waals surface area (Å²) >= 11 is 0. The highest BCUT2D eigenvalue weighted by Gasteiger charge is 2.20. The highest BCUT2D eigenvalue weighted by atomic mass is 16.5. The SMILES string of the molecule is C#CCNC(C(=O)OC)c1ccc(C(C)C)cc1. The first-order chi connectivity index (χ1) is 8.60. The first-order valence-electron chi connectivity index (χ1n) is 5.94. The maximum Gasteiger partial charge on any atom is 0.327 e. The summed E-state index contributed by atoms with van der Waals surface area (Å²) in [6.45, 7) is 4.58. The van der Waals surface area contributed by atoms with Gasteiger partial charge in [0.15, 0.2) is 0 Å². The Balaban J connectivity index is 2.91. The third-order valence-corrected chi connectivity index (χ3v) is 2.78. The Bertz CT molecular complexity index is 429. The summed E-state index contributed by atoms with van der Waals surface area (Å²) in [7, 11) is 1.37. The Morgan fingerprint density at radius 1 is 1.33 bits per heavy atom. The lowest BCUT2D eigenvalue weighted by Crippen LogP contribution is -2.29. The van der Waals surface area contributed by atoms with Crippen molar-refractivity contribution in [3.05, 3.63) is 35.4 Å². The summed E-state index contributed by atoms with van der Waals surface area (Å²) in [4.78, 5) is 11.7. The second kappa shape index (κ2) is 6.83. The molecule has 0 aliphatic carbocycles. The highest BCUT2D eigenvalue weighted by molar-refractivity contribution is 5.77. The van der Waals surface area contributed by atoms with Gasteiger partial charge in [0.2, 0.25) is 0 Å². The van der Waals surface area contributed by atoms with E-state index in [0.29, 0.717) is 12.5 Å². The number of rotatable bonds is 5. The molecule has 1 rings (SSSR count). The number of carbonyl (C=O) groups excluding carboxylic acids is 1. The zero-order valence-corrected chi connectivity index (χ0v) is 11.1. The third-order valence-electron chi connectivity index (χ3n) is 2.78. The Kier molecular flexibility index (Phi) is 5.41. The molecule has 0 heterocycles. The number of methoxy groups -OCH3 is 1. The van der Waals surface area contributed by atoms with E-state index in [2.05, 4.69) is 25.1 Å². The minimum absolute atomic E-state index is 0.325. The van der Waals surface area contributed by atoms with E-state index in [1.807, 2.05) is 24.3 Å². The van der Waals surface area contributed by atoms with Gasteiger partial charge in [0, 0.05) is 0 Å². The van der Waals surface area contributed by atoms with Crippen LogP contribution in [-0.2, 0) is 9.53 Å². The molecule has 1 atom stereocenters. The first kappa shape index (κ1) is 14.3. The van der Waals surface area contributed by atoms with Gasteiger partial charge in [0.1, 0.15) is 6.04 Å². The molecule has 0 spiro atoms. The highest BCUT2D eigenvalue weighted by Crippen LogP contribution is 2.19. The summed E-state index contributed by atoms with van der Waals surface area (Å²) in [5, 5.41) is 2.97. The van der Waals surface area contributed by atoms with Gasteiger partial charge in [-0.25, -0.2) is 4.79 Å². The first-order valence-corrected chi connectivity index (χ1v) is 5.94. The normalized spacial score (nSPS) is 11.9. The molecular weight excluding hydrogens is 226 g/mol. The van der Waals surface area contributed by atoms with Crippen LogP contribution in [0.15, 0.2) is 24.3 Å². The number of esters is 1. The molecule has 0 saturated carbocycles. The molecule has 1 unspecified atom stereocenters. The largest absolute Gasteiger partial charge is 0.468 e. The molecule has 0 aliphatic heterocycles. The molecule has 1 aromatic rings. The number of nitrogens with one attached hydrogen (secondary N) is 1. The Morgan fingerprint density at radius 3 is 2.33 bits per heavy atom. The van der Waals surface area contributed by atoms with Crippen LogP contribution in [0.4, 0.5) is 0 Å². The molecule has 3 heteroatoms. The monoisotopic (exact) mass is 245 g/mol. The van der Waals surface area contributed by atoms with Gasteiger partial charge in [-0.1, -0.05) is 44.0 Å². The van der Waals surface area contributed by atoms with E-state index in [1.165, 1.54) is 12.7 Å². The quantitative estimate of drug-likeness (QED) is 0.638. The summed E-state index contributed by atoms with van der Waals surface area (Å²) in [5.41, 5.74) is 2.10. The maximum atomic E-state index is 11.7. The van der Waals surface area contributed by atoms with Crippen LogP contribution in [0.1, 0.15) is 36.9 Å².